The number of aldehydes is 2. The average Bonchev–Trinajstić information content (AvgIpc) is 3.08. The van der Waals surface area contributed by atoms with Gasteiger partial charge in [0, 0.05) is 0 Å². The van der Waals surface area contributed by atoms with Gasteiger partial charge in [-0.15, -0.1) is 0 Å². The SMILES string of the molecule is COc1cc(CP(Cl)(c2ccccc2)(c2ccccc2)c2ccccc2)c(OC)cc1/C=C/c1cc(C=O)cc(C=O)c1. The molecule has 0 aliphatic carbocycles. The summed E-state index contributed by atoms with van der Waals surface area (Å²) >= 11 is 8.33. The van der Waals surface area contributed by atoms with Crippen LogP contribution in [0.15, 0.2) is 121 Å². The Kier molecular flexibility index (Phi) is 8.92. The molecular weight excluding hydrogens is 575 g/mol. The van der Waals surface area contributed by atoms with Crippen molar-refractivity contribution in [2.45, 2.75) is 6.16 Å². The van der Waals surface area contributed by atoms with Crippen LogP contribution >= 0.6 is 17.2 Å². The molecule has 0 saturated carbocycles. The summed E-state index contributed by atoms with van der Waals surface area (Å²) in [6.07, 6.45) is 5.67. The van der Waals surface area contributed by atoms with Gasteiger partial charge in [-0.2, -0.15) is 0 Å². The Bertz CT molecular complexity index is 1640. The first-order valence-corrected chi connectivity index (χ1v) is 17.1. The van der Waals surface area contributed by atoms with E-state index < -0.39 is 5.96 Å². The molecule has 0 atom stereocenters. The van der Waals surface area contributed by atoms with E-state index in [-0.39, 0.29) is 0 Å². The van der Waals surface area contributed by atoms with E-state index in [0.717, 1.165) is 45.2 Å². The molecule has 0 heterocycles. The number of halogens is 1. The number of benzene rings is 5. The fraction of sp³-hybridized carbons (Fsp3) is 0.0811. The van der Waals surface area contributed by atoms with Crippen LogP contribution in [0.1, 0.15) is 37.4 Å². The molecule has 0 amide bonds. The molecule has 0 spiro atoms. The zero-order valence-electron chi connectivity index (χ0n) is 24.0. The van der Waals surface area contributed by atoms with Gasteiger partial charge in [-0.1, -0.05) is 0 Å². The van der Waals surface area contributed by atoms with Crippen molar-refractivity contribution in [1.82, 2.24) is 0 Å². The van der Waals surface area contributed by atoms with Gasteiger partial charge in [0.15, 0.2) is 0 Å². The molecule has 5 aromatic rings. The summed E-state index contributed by atoms with van der Waals surface area (Å²) in [5.74, 6) is -2.31. The fourth-order valence-electron chi connectivity index (χ4n) is 5.62. The third-order valence-corrected chi connectivity index (χ3v) is 14.9. The van der Waals surface area contributed by atoms with Crippen LogP contribution in [0.25, 0.3) is 12.2 Å². The molecule has 6 heteroatoms. The molecule has 0 radical (unpaired) electrons. The van der Waals surface area contributed by atoms with Crippen molar-refractivity contribution >= 4 is 57.8 Å². The summed E-state index contributed by atoms with van der Waals surface area (Å²) < 4.78 is 11.9. The average molecular weight is 607 g/mol. The summed E-state index contributed by atoms with van der Waals surface area (Å²) in [6, 6.07) is 39.9. The maximum atomic E-state index is 11.4. The number of ether oxygens (including phenoxy) is 2. The van der Waals surface area contributed by atoms with Gasteiger partial charge in [0.05, 0.1) is 0 Å². The van der Waals surface area contributed by atoms with Crippen molar-refractivity contribution in [2.24, 2.45) is 0 Å². The van der Waals surface area contributed by atoms with E-state index in [9.17, 15) is 9.59 Å². The van der Waals surface area contributed by atoms with Crippen molar-refractivity contribution in [3.8, 4) is 11.5 Å². The Morgan fingerprint density at radius 1 is 0.581 bits per heavy atom. The Morgan fingerprint density at radius 2 is 1.02 bits per heavy atom. The van der Waals surface area contributed by atoms with Crippen molar-refractivity contribution in [3.05, 3.63) is 149 Å². The van der Waals surface area contributed by atoms with Crippen molar-refractivity contribution in [3.63, 3.8) is 0 Å². The van der Waals surface area contributed by atoms with Gasteiger partial charge >= 0.3 is 258 Å². The van der Waals surface area contributed by atoms with E-state index in [1.807, 2.05) is 78.9 Å². The normalized spacial score (nSPS) is 12.3. The van der Waals surface area contributed by atoms with Gasteiger partial charge in [-0.25, -0.2) is 0 Å². The molecule has 5 aromatic carbocycles. The van der Waals surface area contributed by atoms with E-state index in [2.05, 4.69) is 36.4 Å². The molecule has 216 valence electrons. The van der Waals surface area contributed by atoms with Crippen LogP contribution in [-0.4, -0.2) is 26.8 Å². The molecule has 0 aromatic heterocycles. The second-order valence-corrected chi connectivity index (χ2v) is 16.7. The van der Waals surface area contributed by atoms with Crippen LogP contribution in [-0.2, 0) is 6.16 Å². The van der Waals surface area contributed by atoms with Gasteiger partial charge in [0.1, 0.15) is 0 Å². The molecule has 5 rings (SSSR count). The predicted molar refractivity (Wildman–Crippen MR) is 180 cm³/mol. The first kappa shape index (κ1) is 30.0. The van der Waals surface area contributed by atoms with Crippen LogP contribution in [0.4, 0.5) is 0 Å². The summed E-state index contributed by atoms with van der Waals surface area (Å²) in [6.45, 7) is 0. The van der Waals surface area contributed by atoms with Gasteiger partial charge < -0.3 is 0 Å². The Balaban J connectivity index is 1.70. The second kappa shape index (κ2) is 12.8. The van der Waals surface area contributed by atoms with Crippen molar-refractivity contribution in [2.75, 3.05) is 14.2 Å². The predicted octanol–water partition coefficient (Wildman–Crippen LogP) is 7.68. The van der Waals surface area contributed by atoms with Gasteiger partial charge in [-0.3, -0.25) is 0 Å². The minimum absolute atomic E-state index is 0.431. The summed E-state index contributed by atoms with van der Waals surface area (Å²) in [5, 5.41) is 3.16. The molecule has 0 aliphatic heterocycles. The minimum atomic E-state index is -3.63. The number of carbonyl (C=O) groups is 2. The van der Waals surface area contributed by atoms with E-state index >= 15 is 0 Å². The molecule has 43 heavy (non-hydrogen) atoms. The summed E-state index contributed by atoms with van der Waals surface area (Å²) in [7, 11) is 3.28. The van der Waals surface area contributed by atoms with E-state index in [1.54, 1.807) is 32.4 Å². The first-order chi connectivity index (χ1) is 20.9. The number of methoxy groups -OCH3 is 2. The summed E-state index contributed by atoms with van der Waals surface area (Å²) in [5.41, 5.74) is 3.27. The van der Waals surface area contributed by atoms with Crippen LogP contribution in [0.3, 0.4) is 0 Å². The van der Waals surface area contributed by atoms with Gasteiger partial charge in [-0.05, 0) is 0 Å². The number of hydrogen-bond donors (Lipinski definition) is 0. The first-order valence-electron chi connectivity index (χ1n) is 13.8. The zero-order valence-corrected chi connectivity index (χ0v) is 25.7. The standard InChI is InChI=1S/C37H32ClO4P/c1-41-36-24-32(37(42-2)23-31(36)19-18-28-20-29(25-39)22-30(21-28)26-40)27-43(38,33-12-6-3-7-13-33,34-14-8-4-9-15-34)35-16-10-5-11-17-35/h3-26H,27H2,1-2H3/b19-18+. The van der Waals surface area contributed by atoms with Crippen LogP contribution in [0, 0.1) is 0 Å². The fourth-order valence-corrected chi connectivity index (χ4v) is 11.7. The van der Waals surface area contributed by atoms with Crippen LogP contribution in [0.5, 0.6) is 11.5 Å². The van der Waals surface area contributed by atoms with E-state index in [1.165, 1.54) is 0 Å². The van der Waals surface area contributed by atoms with Crippen molar-refractivity contribution < 1.29 is 19.1 Å². The Labute approximate surface area is 257 Å². The summed E-state index contributed by atoms with van der Waals surface area (Å²) in [4.78, 5) is 22.8. The molecular formula is C37H32ClO4P. The molecule has 0 aliphatic rings. The van der Waals surface area contributed by atoms with Crippen LogP contribution < -0.4 is 25.4 Å². The van der Waals surface area contributed by atoms with Crippen molar-refractivity contribution in [1.29, 1.82) is 0 Å². The van der Waals surface area contributed by atoms with Gasteiger partial charge in [0.25, 0.3) is 0 Å². The van der Waals surface area contributed by atoms with Crippen LogP contribution in [0.2, 0.25) is 0 Å². The molecule has 0 saturated heterocycles. The molecule has 0 fully saturated rings. The third kappa shape index (κ3) is 5.77. The Hall–Kier alpha value is -4.50. The number of rotatable bonds is 11. The number of carbonyl (C=O) groups excluding carboxylic acids is 2. The monoisotopic (exact) mass is 606 g/mol. The van der Waals surface area contributed by atoms with E-state index in [0.29, 0.717) is 28.8 Å². The zero-order chi connectivity index (χ0) is 30.3. The number of hydrogen-bond acceptors (Lipinski definition) is 4. The van der Waals surface area contributed by atoms with E-state index in [4.69, 9.17) is 20.7 Å². The Morgan fingerprint density at radius 3 is 1.44 bits per heavy atom. The quantitative estimate of drug-likeness (QED) is 0.0879. The molecule has 0 bridgehead atoms. The third-order valence-electron chi connectivity index (χ3n) is 7.71. The molecule has 0 N–H and O–H groups in total. The molecule has 0 unspecified atom stereocenters. The molecule has 4 nitrogen and oxygen atoms in total. The second-order valence-electron chi connectivity index (χ2n) is 10.3. The topological polar surface area (TPSA) is 52.6 Å². The maximum absolute atomic E-state index is 11.4. The van der Waals surface area contributed by atoms with Gasteiger partial charge in [0.2, 0.25) is 0 Å².